The average molecular weight is 600 g/mol. The van der Waals surface area contributed by atoms with E-state index in [4.69, 9.17) is 14.2 Å². The molecule has 5 rings (SSSR count). The number of piperidine rings is 1. The quantitative estimate of drug-likeness (QED) is 0.198. The number of hydrogen-bond acceptors (Lipinski definition) is 8. The van der Waals surface area contributed by atoms with Gasteiger partial charge in [0.1, 0.15) is 11.6 Å². The maximum absolute atomic E-state index is 14.9. The Hall–Kier alpha value is -4.70. The highest BCUT2D eigenvalue weighted by atomic mass is 19.1. The van der Waals surface area contributed by atoms with Gasteiger partial charge in [-0.3, -0.25) is 4.90 Å². The Labute approximate surface area is 257 Å². The number of ether oxygens (including phenoxy) is 3. The molecule has 1 aliphatic rings. The summed E-state index contributed by atoms with van der Waals surface area (Å²) in [6, 6.07) is 23.6. The zero-order chi connectivity index (χ0) is 30.7. The number of aromatic nitrogens is 2. The van der Waals surface area contributed by atoms with E-state index in [1.807, 2.05) is 54.6 Å². The Morgan fingerprint density at radius 2 is 1.91 bits per heavy atom. The molecule has 1 atom stereocenters. The molecule has 1 N–H and O–H groups in total. The van der Waals surface area contributed by atoms with Crippen LogP contribution in [0.1, 0.15) is 24.0 Å². The summed E-state index contributed by atoms with van der Waals surface area (Å²) in [7, 11) is 3.69. The second-order valence-corrected chi connectivity index (χ2v) is 10.9. The molecule has 0 saturated carbocycles. The largest absolute Gasteiger partial charge is 0.497 e. The van der Waals surface area contributed by atoms with Gasteiger partial charge < -0.3 is 24.4 Å². The molecule has 4 aromatic rings. The fourth-order valence-electron chi connectivity index (χ4n) is 5.17. The van der Waals surface area contributed by atoms with Gasteiger partial charge in [-0.25, -0.2) is 14.2 Å². The molecule has 1 amide bonds. The topological polar surface area (TPSA) is 89.0 Å². The highest BCUT2D eigenvalue weighted by molar-refractivity contribution is 5.86. The monoisotopic (exact) mass is 599 g/mol. The van der Waals surface area contributed by atoms with Crippen molar-refractivity contribution in [3.63, 3.8) is 0 Å². The van der Waals surface area contributed by atoms with Gasteiger partial charge in [-0.1, -0.05) is 42.5 Å². The average Bonchev–Trinajstić information content (AvgIpc) is 3.04. The summed E-state index contributed by atoms with van der Waals surface area (Å²) in [4.78, 5) is 25.9. The predicted molar refractivity (Wildman–Crippen MR) is 168 cm³/mol. The third-order valence-electron chi connectivity index (χ3n) is 7.46. The normalized spacial score (nSPS) is 14.9. The second kappa shape index (κ2) is 15.2. The Morgan fingerprint density at radius 1 is 1.07 bits per heavy atom. The highest BCUT2D eigenvalue weighted by Gasteiger charge is 2.21. The maximum Gasteiger partial charge on any atom is 0.415 e. The summed E-state index contributed by atoms with van der Waals surface area (Å²) in [6.45, 7) is 2.91. The van der Waals surface area contributed by atoms with Crippen molar-refractivity contribution in [2.75, 3.05) is 50.7 Å². The number of carbonyl (C=O) groups is 1. The molecule has 9 nitrogen and oxygen atoms in total. The Kier molecular flexibility index (Phi) is 10.6. The van der Waals surface area contributed by atoms with E-state index in [0.29, 0.717) is 36.2 Å². The first-order chi connectivity index (χ1) is 21.5. The summed E-state index contributed by atoms with van der Waals surface area (Å²) in [5, 5.41) is 3.04. The molecule has 0 bridgehead atoms. The zero-order valence-electron chi connectivity index (χ0n) is 25.1. The molecule has 2 heterocycles. The standard InChI is InChI=1S/C34H38FN5O4/c1-39-18-7-11-27(22-39)24-44-31-14-13-28(21-30(31)35)37-33-36-17-15-32(38-33)40(23-26-10-6-12-29(20-26)42-2)34(41)43-19-16-25-8-4-3-5-9-25/h3-6,8-10,12-15,17,20-21,27H,7,11,16,18-19,22-24H2,1-2H3,(H,36,37,38). The summed E-state index contributed by atoms with van der Waals surface area (Å²) in [5.41, 5.74) is 2.35. The van der Waals surface area contributed by atoms with Crippen molar-refractivity contribution in [3.05, 3.63) is 102 Å². The van der Waals surface area contributed by atoms with Crippen LogP contribution in [0.25, 0.3) is 0 Å². The molecule has 0 aliphatic carbocycles. The van der Waals surface area contributed by atoms with Crippen LogP contribution in [-0.4, -0.2) is 61.4 Å². The minimum atomic E-state index is -0.551. The van der Waals surface area contributed by atoms with Crippen LogP contribution in [0.4, 0.5) is 26.6 Å². The Morgan fingerprint density at radius 3 is 2.70 bits per heavy atom. The summed E-state index contributed by atoms with van der Waals surface area (Å²) < 4.78 is 31.8. The maximum atomic E-state index is 14.9. The molecule has 44 heavy (non-hydrogen) atoms. The molecule has 1 unspecified atom stereocenters. The lowest BCUT2D eigenvalue weighted by Gasteiger charge is -2.29. The van der Waals surface area contributed by atoms with Gasteiger partial charge in [-0.15, -0.1) is 0 Å². The lowest BCUT2D eigenvalue weighted by atomic mass is 10.00. The van der Waals surface area contributed by atoms with E-state index in [-0.39, 0.29) is 24.8 Å². The van der Waals surface area contributed by atoms with Crippen molar-refractivity contribution < 1.29 is 23.4 Å². The van der Waals surface area contributed by atoms with Gasteiger partial charge in [-0.05, 0) is 67.9 Å². The first-order valence-electron chi connectivity index (χ1n) is 14.8. The number of carbonyl (C=O) groups excluding carboxylic acids is 1. The van der Waals surface area contributed by atoms with Crippen LogP contribution in [0.15, 0.2) is 85.1 Å². The molecule has 1 aromatic heterocycles. The number of benzene rings is 3. The number of hydrogen-bond donors (Lipinski definition) is 1. The van der Waals surface area contributed by atoms with Crippen LogP contribution in [0.5, 0.6) is 11.5 Å². The fourth-order valence-corrected chi connectivity index (χ4v) is 5.17. The molecule has 1 aliphatic heterocycles. The molecule has 10 heteroatoms. The van der Waals surface area contributed by atoms with Crippen LogP contribution < -0.4 is 19.7 Å². The highest BCUT2D eigenvalue weighted by Crippen LogP contribution is 2.26. The van der Waals surface area contributed by atoms with Crippen LogP contribution in [0.3, 0.4) is 0 Å². The van der Waals surface area contributed by atoms with Crippen molar-refractivity contribution in [3.8, 4) is 11.5 Å². The third kappa shape index (κ3) is 8.67. The first kappa shape index (κ1) is 30.7. The number of likely N-dealkylation sites (tertiary alicyclic amines) is 1. The zero-order valence-corrected chi connectivity index (χ0v) is 25.1. The molecular weight excluding hydrogens is 561 g/mol. The van der Waals surface area contributed by atoms with E-state index < -0.39 is 11.9 Å². The molecule has 1 saturated heterocycles. The Bertz CT molecular complexity index is 1520. The summed E-state index contributed by atoms with van der Waals surface area (Å²) >= 11 is 0. The number of rotatable bonds is 12. The SMILES string of the molecule is COc1cccc(CN(C(=O)OCCc2ccccc2)c2ccnc(Nc3ccc(OCC4CCCN(C)C4)c(F)c3)n2)c1. The molecule has 1 fully saturated rings. The minimum Gasteiger partial charge on any atom is -0.497 e. The Balaban J connectivity index is 1.28. The van der Waals surface area contributed by atoms with Gasteiger partial charge in [0.2, 0.25) is 5.95 Å². The molecule has 0 radical (unpaired) electrons. The van der Waals surface area contributed by atoms with Gasteiger partial charge in [0.05, 0.1) is 26.9 Å². The van der Waals surface area contributed by atoms with E-state index in [1.165, 1.54) is 17.2 Å². The molecule has 230 valence electrons. The van der Waals surface area contributed by atoms with Gasteiger partial charge >= 0.3 is 6.09 Å². The van der Waals surface area contributed by atoms with E-state index in [1.54, 1.807) is 25.3 Å². The number of nitrogens with one attached hydrogen (secondary N) is 1. The number of halogens is 1. The molecule has 3 aromatic carbocycles. The summed E-state index contributed by atoms with van der Waals surface area (Å²) in [6.07, 6.45) is 3.77. The molecular formula is C34H38FN5O4. The van der Waals surface area contributed by atoms with Crippen molar-refractivity contribution in [1.82, 2.24) is 14.9 Å². The molecule has 0 spiro atoms. The van der Waals surface area contributed by atoms with Crippen LogP contribution >= 0.6 is 0 Å². The smallest absolute Gasteiger partial charge is 0.415 e. The van der Waals surface area contributed by atoms with Crippen molar-refractivity contribution in [2.45, 2.75) is 25.8 Å². The van der Waals surface area contributed by atoms with Crippen molar-refractivity contribution in [1.29, 1.82) is 0 Å². The lowest BCUT2D eigenvalue weighted by Crippen LogP contribution is -2.34. The van der Waals surface area contributed by atoms with Gasteiger partial charge in [0.25, 0.3) is 0 Å². The van der Waals surface area contributed by atoms with Crippen LogP contribution in [0.2, 0.25) is 0 Å². The van der Waals surface area contributed by atoms with Gasteiger partial charge in [0.15, 0.2) is 11.6 Å². The number of anilines is 3. The minimum absolute atomic E-state index is 0.190. The third-order valence-corrected chi connectivity index (χ3v) is 7.46. The van der Waals surface area contributed by atoms with E-state index in [9.17, 15) is 9.18 Å². The second-order valence-electron chi connectivity index (χ2n) is 10.9. The van der Waals surface area contributed by atoms with E-state index >= 15 is 0 Å². The van der Waals surface area contributed by atoms with Gasteiger partial charge in [0, 0.05) is 36.8 Å². The van der Waals surface area contributed by atoms with Crippen molar-refractivity contribution >= 4 is 23.5 Å². The van der Waals surface area contributed by atoms with Gasteiger partial charge in [-0.2, -0.15) is 4.98 Å². The number of amides is 1. The van der Waals surface area contributed by atoms with Crippen molar-refractivity contribution in [2.24, 2.45) is 5.92 Å². The first-order valence-corrected chi connectivity index (χ1v) is 14.8. The fraction of sp³-hybridized carbons (Fsp3) is 0.324. The van der Waals surface area contributed by atoms with E-state index in [0.717, 1.165) is 37.1 Å². The van der Waals surface area contributed by atoms with Crippen LogP contribution in [0, 0.1) is 11.7 Å². The number of nitrogens with zero attached hydrogens (tertiary/aromatic N) is 4. The summed E-state index contributed by atoms with van der Waals surface area (Å²) in [5.74, 6) is 1.32. The predicted octanol–water partition coefficient (Wildman–Crippen LogP) is 6.47. The van der Waals surface area contributed by atoms with Crippen LogP contribution in [-0.2, 0) is 17.7 Å². The van der Waals surface area contributed by atoms with E-state index in [2.05, 4.69) is 27.2 Å². The lowest BCUT2D eigenvalue weighted by molar-refractivity contribution is 0.147. The number of methoxy groups -OCH3 is 1.